The van der Waals surface area contributed by atoms with E-state index >= 15 is 0 Å². The molecule has 1 aliphatic carbocycles. The molecule has 21 heavy (non-hydrogen) atoms. The van der Waals surface area contributed by atoms with Gasteiger partial charge in [0.15, 0.2) is 0 Å². The largest absolute Gasteiger partial charge is 0.345 e. The summed E-state index contributed by atoms with van der Waals surface area (Å²) in [5.74, 6) is 0.921. The summed E-state index contributed by atoms with van der Waals surface area (Å²) in [5.41, 5.74) is 0.283. The molecular weight excluding hydrogens is 262 g/mol. The van der Waals surface area contributed by atoms with Crippen LogP contribution in [0.4, 0.5) is 0 Å². The molecule has 0 bridgehead atoms. The van der Waals surface area contributed by atoms with E-state index in [1.807, 2.05) is 11.9 Å². The van der Waals surface area contributed by atoms with E-state index in [2.05, 4.69) is 31.7 Å². The van der Waals surface area contributed by atoms with Gasteiger partial charge in [0.25, 0.3) is 0 Å². The van der Waals surface area contributed by atoms with Crippen LogP contribution in [0.1, 0.15) is 46.5 Å². The number of nitrogens with zero attached hydrogens (tertiary/aromatic N) is 3. The fourth-order valence-electron chi connectivity index (χ4n) is 3.78. The van der Waals surface area contributed by atoms with Crippen molar-refractivity contribution in [1.82, 2.24) is 9.80 Å². The SMILES string of the molecule is CN1CCCN(C2CC(C(C)(C)C)CCC2C#N)CC1=O. The van der Waals surface area contributed by atoms with E-state index in [0.29, 0.717) is 12.5 Å². The summed E-state index contributed by atoms with van der Waals surface area (Å²) in [5, 5.41) is 9.50. The molecule has 2 aliphatic rings. The van der Waals surface area contributed by atoms with E-state index in [1.165, 1.54) is 0 Å². The summed E-state index contributed by atoms with van der Waals surface area (Å²) >= 11 is 0. The standard InChI is InChI=1S/C17H29N3O/c1-17(2,3)14-7-6-13(11-18)15(10-14)20-9-5-8-19(4)16(21)12-20/h13-15H,5-10,12H2,1-4H3. The van der Waals surface area contributed by atoms with E-state index in [9.17, 15) is 10.1 Å². The Bertz CT molecular complexity index is 421. The number of amides is 1. The Balaban J connectivity index is 2.13. The molecule has 2 rings (SSSR count). The average molecular weight is 291 g/mol. The van der Waals surface area contributed by atoms with E-state index < -0.39 is 0 Å². The normalized spacial score (nSPS) is 32.6. The summed E-state index contributed by atoms with van der Waals surface area (Å²) in [6.07, 6.45) is 4.18. The molecule has 1 heterocycles. The van der Waals surface area contributed by atoms with Gasteiger partial charge in [-0.2, -0.15) is 5.26 Å². The molecule has 3 atom stereocenters. The van der Waals surface area contributed by atoms with Crippen LogP contribution in [0.25, 0.3) is 0 Å². The smallest absolute Gasteiger partial charge is 0.236 e. The molecule has 0 aromatic carbocycles. The molecule has 0 N–H and O–H groups in total. The minimum Gasteiger partial charge on any atom is -0.345 e. The molecule has 1 amide bonds. The van der Waals surface area contributed by atoms with Gasteiger partial charge in [-0.15, -0.1) is 0 Å². The second-order valence-corrected chi connectivity index (χ2v) is 7.82. The number of likely N-dealkylation sites (N-methyl/N-ethyl adjacent to an activating group) is 1. The fourth-order valence-corrected chi connectivity index (χ4v) is 3.78. The first-order valence-electron chi connectivity index (χ1n) is 8.20. The van der Waals surface area contributed by atoms with Crippen LogP contribution in [0.3, 0.4) is 0 Å². The van der Waals surface area contributed by atoms with E-state index in [4.69, 9.17) is 0 Å². The Hall–Kier alpha value is -1.08. The number of hydrogen-bond donors (Lipinski definition) is 0. The molecule has 4 heteroatoms. The minimum atomic E-state index is 0.0832. The highest BCUT2D eigenvalue weighted by molar-refractivity contribution is 5.78. The van der Waals surface area contributed by atoms with Gasteiger partial charge >= 0.3 is 0 Å². The maximum atomic E-state index is 12.1. The molecule has 1 saturated carbocycles. The lowest BCUT2D eigenvalue weighted by Gasteiger charge is -2.43. The summed E-state index contributed by atoms with van der Waals surface area (Å²) in [6.45, 7) is 9.14. The van der Waals surface area contributed by atoms with Crippen molar-refractivity contribution in [2.45, 2.75) is 52.5 Å². The Morgan fingerprint density at radius 1 is 1.24 bits per heavy atom. The average Bonchev–Trinajstić information content (AvgIpc) is 2.59. The van der Waals surface area contributed by atoms with Gasteiger partial charge in [0, 0.05) is 26.2 Å². The molecule has 0 aromatic heterocycles. The second-order valence-electron chi connectivity index (χ2n) is 7.82. The molecule has 4 nitrogen and oxygen atoms in total. The summed E-state index contributed by atoms with van der Waals surface area (Å²) < 4.78 is 0. The number of nitriles is 1. The lowest BCUT2D eigenvalue weighted by atomic mass is 9.68. The van der Waals surface area contributed by atoms with Crippen LogP contribution in [-0.4, -0.2) is 48.4 Å². The third kappa shape index (κ3) is 3.77. The summed E-state index contributed by atoms with van der Waals surface area (Å²) in [4.78, 5) is 16.3. The maximum absolute atomic E-state index is 12.1. The van der Waals surface area contributed by atoms with Gasteiger partial charge in [-0.3, -0.25) is 9.69 Å². The van der Waals surface area contributed by atoms with Gasteiger partial charge in [0.05, 0.1) is 18.5 Å². The quantitative estimate of drug-likeness (QED) is 0.746. The van der Waals surface area contributed by atoms with Crippen LogP contribution in [0.2, 0.25) is 0 Å². The zero-order chi connectivity index (χ0) is 15.6. The second kappa shape index (κ2) is 6.36. The lowest BCUT2D eigenvalue weighted by Crippen LogP contribution is -2.48. The Labute approximate surface area is 129 Å². The van der Waals surface area contributed by atoms with E-state index in [-0.39, 0.29) is 23.3 Å². The Morgan fingerprint density at radius 3 is 2.57 bits per heavy atom. The monoisotopic (exact) mass is 291 g/mol. The third-order valence-corrected chi connectivity index (χ3v) is 5.38. The predicted molar refractivity (Wildman–Crippen MR) is 83.5 cm³/mol. The first-order chi connectivity index (χ1) is 9.82. The lowest BCUT2D eigenvalue weighted by molar-refractivity contribution is -0.130. The first-order valence-corrected chi connectivity index (χ1v) is 8.20. The highest BCUT2D eigenvalue weighted by Gasteiger charge is 2.39. The number of carbonyl (C=O) groups is 1. The molecular formula is C17H29N3O. The highest BCUT2D eigenvalue weighted by atomic mass is 16.2. The highest BCUT2D eigenvalue weighted by Crippen LogP contribution is 2.41. The van der Waals surface area contributed by atoms with Crippen molar-refractivity contribution in [2.24, 2.45) is 17.3 Å². The zero-order valence-corrected chi connectivity index (χ0v) is 13.9. The number of carbonyl (C=O) groups excluding carboxylic acids is 1. The summed E-state index contributed by atoms with van der Waals surface area (Å²) in [7, 11) is 1.88. The van der Waals surface area contributed by atoms with Gasteiger partial charge in [-0.05, 0) is 37.0 Å². The molecule has 2 fully saturated rings. The predicted octanol–water partition coefficient (Wildman–Crippen LogP) is 2.51. The van der Waals surface area contributed by atoms with E-state index in [1.54, 1.807) is 0 Å². The molecule has 3 unspecified atom stereocenters. The third-order valence-electron chi connectivity index (χ3n) is 5.38. The Kier molecular flexibility index (Phi) is 4.93. The molecule has 0 spiro atoms. The fraction of sp³-hybridized carbons (Fsp3) is 0.882. The van der Waals surface area contributed by atoms with Gasteiger partial charge in [0.1, 0.15) is 0 Å². The van der Waals surface area contributed by atoms with Gasteiger partial charge in [-0.1, -0.05) is 20.8 Å². The van der Waals surface area contributed by atoms with Crippen LogP contribution >= 0.6 is 0 Å². The van der Waals surface area contributed by atoms with Crippen LogP contribution in [0.5, 0.6) is 0 Å². The van der Waals surface area contributed by atoms with Crippen LogP contribution in [0, 0.1) is 28.6 Å². The van der Waals surface area contributed by atoms with Crippen molar-refractivity contribution in [3.63, 3.8) is 0 Å². The first kappa shape index (κ1) is 16.3. The Morgan fingerprint density at radius 2 is 1.95 bits per heavy atom. The van der Waals surface area contributed by atoms with Crippen LogP contribution < -0.4 is 0 Å². The van der Waals surface area contributed by atoms with Gasteiger partial charge < -0.3 is 4.90 Å². The van der Waals surface area contributed by atoms with E-state index in [0.717, 1.165) is 38.8 Å². The van der Waals surface area contributed by atoms with Gasteiger partial charge in [-0.25, -0.2) is 0 Å². The maximum Gasteiger partial charge on any atom is 0.236 e. The number of rotatable bonds is 1. The van der Waals surface area contributed by atoms with Crippen molar-refractivity contribution >= 4 is 5.91 Å². The zero-order valence-electron chi connectivity index (χ0n) is 13.9. The van der Waals surface area contributed by atoms with Crippen LogP contribution in [0.15, 0.2) is 0 Å². The van der Waals surface area contributed by atoms with Crippen molar-refractivity contribution < 1.29 is 4.79 Å². The van der Waals surface area contributed by atoms with Crippen molar-refractivity contribution in [1.29, 1.82) is 5.26 Å². The van der Waals surface area contributed by atoms with Gasteiger partial charge in [0.2, 0.25) is 5.91 Å². The molecule has 0 aromatic rings. The molecule has 1 saturated heterocycles. The minimum absolute atomic E-state index is 0.0832. The molecule has 1 aliphatic heterocycles. The van der Waals surface area contributed by atoms with Crippen molar-refractivity contribution in [3.05, 3.63) is 0 Å². The molecule has 0 radical (unpaired) electrons. The topological polar surface area (TPSA) is 47.3 Å². The van der Waals surface area contributed by atoms with Crippen LogP contribution in [-0.2, 0) is 4.79 Å². The van der Waals surface area contributed by atoms with Crippen molar-refractivity contribution in [3.8, 4) is 6.07 Å². The molecule has 118 valence electrons. The summed E-state index contributed by atoms with van der Waals surface area (Å²) in [6, 6.07) is 2.76. The number of hydrogen-bond acceptors (Lipinski definition) is 3. The van der Waals surface area contributed by atoms with Crippen molar-refractivity contribution in [2.75, 3.05) is 26.7 Å².